The molecule has 0 bridgehead atoms. The SMILES string of the molecule is COCc1ccc(C(=O)O[C@@H](C)C(=O)Nc2cc(Cl)ccc2OC)cc1. The van der Waals surface area contributed by atoms with E-state index in [0.29, 0.717) is 28.6 Å². The summed E-state index contributed by atoms with van der Waals surface area (Å²) in [5, 5.41) is 3.09. The Morgan fingerprint density at radius 3 is 2.42 bits per heavy atom. The van der Waals surface area contributed by atoms with E-state index in [1.165, 1.54) is 14.0 Å². The van der Waals surface area contributed by atoms with Crippen molar-refractivity contribution in [3.05, 3.63) is 58.6 Å². The topological polar surface area (TPSA) is 73.9 Å². The van der Waals surface area contributed by atoms with Crippen molar-refractivity contribution in [2.45, 2.75) is 19.6 Å². The number of halogens is 1. The van der Waals surface area contributed by atoms with Crippen LogP contribution >= 0.6 is 11.6 Å². The highest BCUT2D eigenvalue weighted by molar-refractivity contribution is 6.31. The number of hydrogen-bond donors (Lipinski definition) is 1. The van der Waals surface area contributed by atoms with Gasteiger partial charge >= 0.3 is 5.97 Å². The molecule has 0 saturated heterocycles. The van der Waals surface area contributed by atoms with Crippen molar-refractivity contribution in [2.75, 3.05) is 19.5 Å². The molecule has 0 radical (unpaired) electrons. The van der Waals surface area contributed by atoms with Gasteiger partial charge in [0.2, 0.25) is 0 Å². The van der Waals surface area contributed by atoms with Gasteiger partial charge in [-0.1, -0.05) is 23.7 Å². The maximum atomic E-state index is 12.3. The largest absolute Gasteiger partial charge is 0.495 e. The van der Waals surface area contributed by atoms with E-state index >= 15 is 0 Å². The van der Waals surface area contributed by atoms with Gasteiger partial charge in [-0.05, 0) is 42.8 Å². The van der Waals surface area contributed by atoms with Crippen LogP contribution in [-0.2, 0) is 20.9 Å². The lowest BCUT2D eigenvalue weighted by Gasteiger charge is -2.15. The molecule has 2 aromatic carbocycles. The summed E-state index contributed by atoms with van der Waals surface area (Å²) < 4.78 is 15.4. The number of benzene rings is 2. The fourth-order valence-corrected chi connectivity index (χ4v) is 2.37. The van der Waals surface area contributed by atoms with Gasteiger partial charge in [0.05, 0.1) is 25.0 Å². The number of esters is 1. The monoisotopic (exact) mass is 377 g/mol. The average molecular weight is 378 g/mol. The van der Waals surface area contributed by atoms with Gasteiger partial charge in [-0.3, -0.25) is 4.79 Å². The van der Waals surface area contributed by atoms with Crippen molar-refractivity contribution in [3.63, 3.8) is 0 Å². The van der Waals surface area contributed by atoms with Crippen LogP contribution < -0.4 is 10.1 Å². The van der Waals surface area contributed by atoms with Crippen LogP contribution in [0.25, 0.3) is 0 Å². The van der Waals surface area contributed by atoms with Gasteiger partial charge in [-0.25, -0.2) is 4.79 Å². The third kappa shape index (κ3) is 5.21. The molecule has 1 amide bonds. The Bertz CT molecular complexity index is 776. The standard InChI is InChI=1S/C19H20ClNO5/c1-12(18(22)21-16-10-15(20)8-9-17(16)25-3)26-19(23)14-6-4-13(5-7-14)11-24-2/h4-10,12H,11H2,1-3H3,(H,21,22)/t12-/m0/s1. The molecule has 0 aromatic heterocycles. The van der Waals surface area contributed by atoms with E-state index in [0.717, 1.165) is 5.56 Å². The summed E-state index contributed by atoms with van der Waals surface area (Å²) in [5.74, 6) is -0.625. The Balaban J connectivity index is 2.00. The highest BCUT2D eigenvalue weighted by Crippen LogP contribution is 2.27. The predicted octanol–water partition coefficient (Wildman–Crippen LogP) is 3.68. The molecular formula is C19H20ClNO5. The summed E-state index contributed by atoms with van der Waals surface area (Å²) in [7, 11) is 3.08. The zero-order chi connectivity index (χ0) is 19.1. The highest BCUT2D eigenvalue weighted by atomic mass is 35.5. The van der Waals surface area contributed by atoms with E-state index in [1.54, 1.807) is 49.6 Å². The lowest BCUT2D eigenvalue weighted by atomic mass is 10.1. The first-order valence-corrected chi connectivity index (χ1v) is 8.25. The lowest BCUT2D eigenvalue weighted by molar-refractivity contribution is -0.123. The fraction of sp³-hybridized carbons (Fsp3) is 0.263. The smallest absolute Gasteiger partial charge is 0.338 e. The van der Waals surface area contributed by atoms with Gasteiger partial charge in [0, 0.05) is 12.1 Å². The number of methoxy groups -OCH3 is 2. The van der Waals surface area contributed by atoms with Crippen LogP contribution in [0.2, 0.25) is 5.02 Å². The van der Waals surface area contributed by atoms with Gasteiger partial charge in [-0.2, -0.15) is 0 Å². The van der Waals surface area contributed by atoms with Gasteiger partial charge in [0.15, 0.2) is 6.10 Å². The quantitative estimate of drug-likeness (QED) is 0.745. The summed E-state index contributed by atoms with van der Waals surface area (Å²) in [6, 6.07) is 11.6. The Kier molecular flexibility index (Phi) is 7.00. The van der Waals surface area contributed by atoms with Crippen LogP contribution in [-0.4, -0.2) is 32.2 Å². The lowest BCUT2D eigenvalue weighted by Crippen LogP contribution is -2.30. The summed E-state index contributed by atoms with van der Waals surface area (Å²) in [6.45, 7) is 1.94. The van der Waals surface area contributed by atoms with Crippen LogP contribution in [0, 0.1) is 0 Å². The molecule has 2 rings (SSSR count). The first kappa shape index (κ1) is 19.8. The molecular weight excluding hydrogens is 358 g/mol. The molecule has 7 heteroatoms. The van der Waals surface area contributed by atoms with Crippen LogP contribution in [0.4, 0.5) is 5.69 Å². The molecule has 0 aliphatic heterocycles. The third-order valence-corrected chi connectivity index (χ3v) is 3.81. The maximum Gasteiger partial charge on any atom is 0.338 e. The number of amides is 1. The molecule has 1 atom stereocenters. The summed E-state index contributed by atoms with van der Waals surface area (Å²) in [4.78, 5) is 24.5. The Labute approximate surface area is 157 Å². The molecule has 0 aliphatic carbocycles. The Morgan fingerprint density at radius 1 is 1.12 bits per heavy atom. The summed E-state index contributed by atoms with van der Waals surface area (Å²) in [5.41, 5.74) is 1.68. The van der Waals surface area contributed by atoms with Gasteiger partial charge in [0.25, 0.3) is 5.91 Å². The van der Waals surface area contributed by atoms with E-state index in [4.69, 9.17) is 25.8 Å². The second-order valence-electron chi connectivity index (χ2n) is 5.51. The van der Waals surface area contributed by atoms with Crippen molar-refractivity contribution < 1.29 is 23.8 Å². The molecule has 1 N–H and O–H groups in total. The van der Waals surface area contributed by atoms with Crippen molar-refractivity contribution in [3.8, 4) is 5.75 Å². The van der Waals surface area contributed by atoms with E-state index in [9.17, 15) is 9.59 Å². The number of carbonyl (C=O) groups excluding carboxylic acids is 2. The van der Waals surface area contributed by atoms with Crippen molar-refractivity contribution in [1.82, 2.24) is 0 Å². The molecule has 0 saturated carbocycles. The molecule has 26 heavy (non-hydrogen) atoms. The molecule has 0 unspecified atom stereocenters. The molecule has 0 heterocycles. The third-order valence-electron chi connectivity index (χ3n) is 3.57. The van der Waals surface area contributed by atoms with Crippen LogP contribution in [0.15, 0.2) is 42.5 Å². The second-order valence-corrected chi connectivity index (χ2v) is 5.95. The number of hydrogen-bond acceptors (Lipinski definition) is 5. The van der Waals surface area contributed by atoms with Crippen molar-refractivity contribution >= 4 is 29.2 Å². The van der Waals surface area contributed by atoms with E-state index < -0.39 is 18.0 Å². The van der Waals surface area contributed by atoms with Gasteiger partial charge in [0.1, 0.15) is 5.75 Å². The molecule has 2 aromatic rings. The van der Waals surface area contributed by atoms with Crippen molar-refractivity contribution in [2.24, 2.45) is 0 Å². The molecule has 0 fully saturated rings. The van der Waals surface area contributed by atoms with Gasteiger partial charge in [-0.15, -0.1) is 0 Å². The molecule has 0 spiro atoms. The predicted molar refractivity (Wildman–Crippen MR) is 98.7 cm³/mol. The van der Waals surface area contributed by atoms with Crippen LogP contribution in [0.3, 0.4) is 0 Å². The van der Waals surface area contributed by atoms with E-state index in [1.807, 2.05) is 0 Å². The summed E-state index contributed by atoms with van der Waals surface area (Å²) >= 11 is 5.94. The van der Waals surface area contributed by atoms with E-state index in [-0.39, 0.29) is 0 Å². The minimum atomic E-state index is -0.996. The number of nitrogens with one attached hydrogen (secondary N) is 1. The highest BCUT2D eigenvalue weighted by Gasteiger charge is 2.20. The number of carbonyl (C=O) groups is 2. The van der Waals surface area contributed by atoms with Gasteiger partial charge < -0.3 is 19.5 Å². The Morgan fingerprint density at radius 2 is 1.81 bits per heavy atom. The normalized spacial score (nSPS) is 11.5. The molecule has 6 nitrogen and oxygen atoms in total. The fourth-order valence-electron chi connectivity index (χ4n) is 2.20. The number of ether oxygens (including phenoxy) is 3. The zero-order valence-electron chi connectivity index (χ0n) is 14.7. The Hall–Kier alpha value is -2.57. The molecule has 138 valence electrons. The minimum Gasteiger partial charge on any atom is -0.495 e. The second kappa shape index (κ2) is 9.22. The van der Waals surface area contributed by atoms with Crippen LogP contribution in [0.1, 0.15) is 22.8 Å². The van der Waals surface area contributed by atoms with Crippen LogP contribution in [0.5, 0.6) is 5.75 Å². The number of rotatable bonds is 7. The van der Waals surface area contributed by atoms with Crippen molar-refractivity contribution in [1.29, 1.82) is 0 Å². The average Bonchev–Trinajstić information content (AvgIpc) is 2.62. The first-order chi connectivity index (χ1) is 12.4. The minimum absolute atomic E-state index is 0.352. The zero-order valence-corrected chi connectivity index (χ0v) is 15.5. The van der Waals surface area contributed by atoms with E-state index in [2.05, 4.69) is 5.32 Å². The number of anilines is 1. The summed E-state index contributed by atoms with van der Waals surface area (Å²) in [6.07, 6.45) is -0.996. The maximum absolute atomic E-state index is 12.3. The first-order valence-electron chi connectivity index (χ1n) is 7.88. The molecule has 0 aliphatic rings.